The molecule has 0 aliphatic carbocycles. The minimum absolute atomic E-state index is 0.0616. The molecule has 0 aromatic heterocycles. The van der Waals surface area contributed by atoms with Gasteiger partial charge in [-0.3, -0.25) is 30.1 Å². The Morgan fingerprint density at radius 3 is 1.71 bits per heavy atom. The van der Waals surface area contributed by atoms with Crippen LogP contribution >= 0.6 is 0 Å². The molecule has 188 valence electrons. The van der Waals surface area contributed by atoms with E-state index in [1.54, 1.807) is 41.5 Å². The van der Waals surface area contributed by atoms with Crippen molar-refractivity contribution in [3.05, 3.63) is 25.3 Å². The number of ether oxygens (including phenoxy) is 3. The number of guanidine groups is 1. The van der Waals surface area contributed by atoms with E-state index in [9.17, 15) is 19.2 Å². The van der Waals surface area contributed by atoms with Gasteiger partial charge in [-0.15, -0.1) is 13.2 Å². The molecule has 0 spiro atoms. The molecule has 2 aliphatic rings. The van der Waals surface area contributed by atoms with Crippen LogP contribution in [0.25, 0.3) is 0 Å². The standard InChI is InChI=1S/C23H34N4O7/c1-9-13-15-16(14(10-2)32-13)18(29)27(17(15)28)12-11-24-19(25-20(30)33-22(3,4)5)26-21(31)34-23(6,7)8/h9-10,13-16H,1-2,11-12H2,3-8H3,(H2,24,25,26,30,31). The van der Waals surface area contributed by atoms with E-state index in [0.29, 0.717) is 0 Å². The summed E-state index contributed by atoms with van der Waals surface area (Å²) in [5.74, 6) is -2.35. The van der Waals surface area contributed by atoms with E-state index in [2.05, 4.69) is 28.8 Å². The number of likely N-dealkylation sites (tertiary alicyclic amines) is 1. The summed E-state index contributed by atoms with van der Waals surface area (Å²) in [6.45, 7) is 17.3. The molecule has 2 N–H and O–H groups in total. The minimum Gasteiger partial charge on any atom is -0.444 e. The van der Waals surface area contributed by atoms with Crippen LogP contribution in [-0.2, 0) is 23.8 Å². The number of carbonyl (C=O) groups is 4. The van der Waals surface area contributed by atoms with Gasteiger partial charge in [0.1, 0.15) is 11.2 Å². The Morgan fingerprint density at radius 2 is 1.35 bits per heavy atom. The second-order valence-corrected chi connectivity index (χ2v) is 9.90. The smallest absolute Gasteiger partial charge is 0.414 e. The maximum absolute atomic E-state index is 12.9. The predicted octanol–water partition coefficient (Wildman–Crippen LogP) is 2.13. The summed E-state index contributed by atoms with van der Waals surface area (Å²) in [4.78, 5) is 55.4. The van der Waals surface area contributed by atoms with Gasteiger partial charge in [0.25, 0.3) is 0 Å². The van der Waals surface area contributed by atoms with Gasteiger partial charge in [0.2, 0.25) is 17.8 Å². The van der Waals surface area contributed by atoms with E-state index in [4.69, 9.17) is 14.2 Å². The van der Waals surface area contributed by atoms with Gasteiger partial charge < -0.3 is 14.2 Å². The lowest BCUT2D eigenvalue weighted by atomic mass is 9.89. The third-order valence-corrected chi connectivity index (χ3v) is 4.81. The largest absolute Gasteiger partial charge is 0.444 e. The number of nitrogens with one attached hydrogen (secondary N) is 2. The molecule has 0 saturated carbocycles. The molecule has 4 atom stereocenters. The number of nitrogens with zero attached hydrogens (tertiary/aromatic N) is 2. The molecule has 34 heavy (non-hydrogen) atoms. The van der Waals surface area contributed by atoms with Gasteiger partial charge in [-0.1, -0.05) is 12.2 Å². The molecule has 2 heterocycles. The van der Waals surface area contributed by atoms with Crippen LogP contribution in [0.2, 0.25) is 0 Å². The Morgan fingerprint density at radius 1 is 0.941 bits per heavy atom. The Labute approximate surface area is 199 Å². The van der Waals surface area contributed by atoms with Crippen LogP contribution in [0.15, 0.2) is 30.3 Å². The topological polar surface area (TPSA) is 136 Å². The minimum atomic E-state index is -0.843. The second kappa shape index (κ2) is 10.4. The Hall–Kier alpha value is -3.21. The number of imide groups is 1. The molecule has 0 aromatic carbocycles. The molecular weight excluding hydrogens is 444 g/mol. The lowest BCUT2D eigenvalue weighted by Crippen LogP contribution is -2.47. The average Bonchev–Trinajstić information content (AvgIpc) is 3.16. The van der Waals surface area contributed by atoms with Crippen molar-refractivity contribution < 1.29 is 33.4 Å². The molecular formula is C23H34N4O7. The Bertz CT molecular complexity index is 821. The van der Waals surface area contributed by atoms with E-state index in [0.717, 1.165) is 4.90 Å². The van der Waals surface area contributed by atoms with Crippen molar-refractivity contribution in [2.45, 2.75) is 65.0 Å². The first-order chi connectivity index (χ1) is 15.7. The number of fused-ring (bicyclic) bond motifs is 1. The van der Waals surface area contributed by atoms with Crippen molar-refractivity contribution in [1.29, 1.82) is 0 Å². The van der Waals surface area contributed by atoms with E-state index in [-0.39, 0.29) is 30.9 Å². The maximum atomic E-state index is 12.9. The number of hydrogen-bond acceptors (Lipinski definition) is 8. The Kier molecular flexibility index (Phi) is 8.25. The highest BCUT2D eigenvalue weighted by Gasteiger charge is 2.58. The molecule has 2 fully saturated rings. The van der Waals surface area contributed by atoms with Crippen LogP contribution < -0.4 is 10.6 Å². The number of carbonyl (C=O) groups excluding carboxylic acids is 4. The number of aliphatic imine (C=N–C) groups is 1. The molecule has 4 amide bonds. The fourth-order valence-corrected chi connectivity index (χ4v) is 3.61. The van der Waals surface area contributed by atoms with Crippen LogP contribution in [0, 0.1) is 11.8 Å². The summed E-state index contributed by atoms with van der Waals surface area (Å²) in [5, 5.41) is 4.70. The summed E-state index contributed by atoms with van der Waals surface area (Å²) in [7, 11) is 0. The van der Waals surface area contributed by atoms with Crippen molar-refractivity contribution in [3.63, 3.8) is 0 Å². The van der Waals surface area contributed by atoms with Gasteiger partial charge in [0.15, 0.2) is 0 Å². The van der Waals surface area contributed by atoms with E-state index < -0.39 is 47.4 Å². The molecule has 0 aromatic rings. The molecule has 2 rings (SSSR count). The van der Waals surface area contributed by atoms with Gasteiger partial charge >= 0.3 is 12.2 Å². The van der Waals surface area contributed by atoms with Gasteiger partial charge in [0.05, 0.1) is 30.6 Å². The normalized spacial score (nSPS) is 24.2. The van der Waals surface area contributed by atoms with Crippen molar-refractivity contribution in [2.75, 3.05) is 13.1 Å². The van der Waals surface area contributed by atoms with Crippen molar-refractivity contribution in [1.82, 2.24) is 15.5 Å². The number of alkyl carbamates (subject to hydrolysis) is 2. The van der Waals surface area contributed by atoms with Crippen molar-refractivity contribution in [3.8, 4) is 0 Å². The molecule has 2 aliphatic heterocycles. The highest BCUT2D eigenvalue weighted by molar-refractivity contribution is 6.06. The van der Waals surface area contributed by atoms with Gasteiger partial charge in [-0.05, 0) is 41.5 Å². The first-order valence-electron chi connectivity index (χ1n) is 11.0. The van der Waals surface area contributed by atoms with E-state index >= 15 is 0 Å². The van der Waals surface area contributed by atoms with Gasteiger partial charge in [0, 0.05) is 6.54 Å². The SMILES string of the molecule is C=CC1OC(C=C)C2C(=O)N(CCN=C(NC(=O)OC(C)(C)C)NC(=O)OC(C)(C)C)C(=O)C12. The second-order valence-electron chi connectivity index (χ2n) is 9.90. The van der Waals surface area contributed by atoms with Crippen LogP contribution in [0.3, 0.4) is 0 Å². The number of hydrogen-bond donors (Lipinski definition) is 2. The average molecular weight is 479 g/mol. The monoisotopic (exact) mass is 478 g/mol. The van der Waals surface area contributed by atoms with E-state index in [1.807, 2.05) is 0 Å². The van der Waals surface area contributed by atoms with Crippen molar-refractivity contribution in [2.24, 2.45) is 16.8 Å². The molecule has 0 radical (unpaired) electrons. The lowest BCUT2D eigenvalue weighted by molar-refractivity contribution is -0.142. The third-order valence-electron chi connectivity index (χ3n) is 4.81. The summed E-state index contributed by atoms with van der Waals surface area (Å²) < 4.78 is 16.0. The molecule has 4 unspecified atom stereocenters. The van der Waals surface area contributed by atoms with Crippen LogP contribution in [0.1, 0.15) is 41.5 Å². The Balaban J connectivity index is 2.12. The summed E-state index contributed by atoms with van der Waals surface area (Å²) in [6.07, 6.45) is 0.144. The van der Waals surface area contributed by atoms with Crippen LogP contribution in [0.5, 0.6) is 0 Å². The lowest BCUT2D eigenvalue weighted by Gasteiger charge is -2.22. The van der Waals surface area contributed by atoms with Gasteiger partial charge in [-0.2, -0.15) is 0 Å². The fourth-order valence-electron chi connectivity index (χ4n) is 3.61. The van der Waals surface area contributed by atoms with Crippen molar-refractivity contribution >= 4 is 30.0 Å². The zero-order valence-corrected chi connectivity index (χ0v) is 20.5. The van der Waals surface area contributed by atoms with E-state index in [1.165, 1.54) is 12.2 Å². The highest BCUT2D eigenvalue weighted by atomic mass is 16.6. The quantitative estimate of drug-likeness (QED) is 0.267. The molecule has 2 saturated heterocycles. The third kappa shape index (κ3) is 6.89. The zero-order chi connectivity index (χ0) is 25.8. The molecule has 0 bridgehead atoms. The fraction of sp³-hybridized carbons (Fsp3) is 0.609. The van der Waals surface area contributed by atoms with Gasteiger partial charge in [-0.25, -0.2) is 9.59 Å². The number of rotatable bonds is 5. The maximum Gasteiger partial charge on any atom is 0.414 e. The first kappa shape index (κ1) is 27.0. The molecule has 11 nitrogen and oxygen atoms in total. The predicted molar refractivity (Wildman–Crippen MR) is 124 cm³/mol. The van der Waals surface area contributed by atoms with Crippen LogP contribution in [0.4, 0.5) is 9.59 Å². The summed E-state index contributed by atoms with van der Waals surface area (Å²) in [5.41, 5.74) is -1.56. The highest BCUT2D eigenvalue weighted by Crippen LogP contribution is 2.41. The number of amides is 4. The summed E-state index contributed by atoms with van der Waals surface area (Å²) >= 11 is 0. The summed E-state index contributed by atoms with van der Waals surface area (Å²) in [6, 6.07) is 0. The first-order valence-corrected chi connectivity index (χ1v) is 11.0. The zero-order valence-electron chi connectivity index (χ0n) is 20.5. The van der Waals surface area contributed by atoms with Crippen LogP contribution in [-0.4, -0.2) is 71.4 Å². The molecule has 11 heteroatoms.